The third-order valence-electron chi connectivity index (χ3n) is 3.93. The van der Waals surface area contributed by atoms with E-state index in [2.05, 4.69) is 43.5 Å². The van der Waals surface area contributed by atoms with E-state index in [-0.39, 0.29) is 12.1 Å². The predicted octanol–water partition coefficient (Wildman–Crippen LogP) is 2.58. The molecule has 2 atom stereocenters. The van der Waals surface area contributed by atoms with Gasteiger partial charge in [0.05, 0.1) is 23.7 Å². The highest BCUT2D eigenvalue weighted by Crippen LogP contribution is 2.29. The Hall–Kier alpha value is -1.59. The Morgan fingerprint density at radius 3 is 2.62 bits per heavy atom. The zero-order valence-corrected chi connectivity index (χ0v) is 13.6. The van der Waals surface area contributed by atoms with Crippen molar-refractivity contribution in [1.82, 2.24) is 14.5 Å². The van der Waals surface area contributed by atoms with Crippen LogP contribution in [0.2, 0.25) is 0 Å². The summed E-state index contributed by atoms with van der Waals surface area (Å²) in [5.74, 6) is 1.90. The summed E-state index contributed by atoms with van der Waals surface area (Å²) >= 11 is 0. The lowest BCUT2D eigenvalue weighted by Gasteiger charge is -2.23. The second kappa shape index (κ2) is 6.45. The fraction of sp³-hybridized carbons (Fsp3) is 0.562. The zero-order chi connectivity index (χ0) is 15.6. The zero-order valence-electron chi connectivity index (χ0n) is 13.6. The average Bonchev–Trinajstić information content (AvgIpc) is 2.84. The average molecular weight is 290 g/mol. The number of hydrogen-bond acceptors (Lipinski definition) is 4. The number of ether oxygens (including phenoxy) is 1. The van der Waals surface area contributed by atoms with E-state index in [4.69, 9.17) is 15.5 Å². The fourth-order valence-electron chi connectivity index (χ4n) is 2.45. The molecule has 1 aromatic carbocycles. The van der Waals surface area contributed by atoms with Crippen molar-refractivity contribution in [1.29, 1.82) is 0 Å². The Balaban J connectivity index is 2.60. The second-order valence-electron chi connectivity index (χ2n) is 5.65. The molecule has 0 aliphatic carbocycles. The summed E-state index contributed by atoms with van der Waals surface area (Å²) in [6.07, 6.45) is 0. The van der Waals surface area contributed by atoms with Crippen molar-refractivity contribution in [3.8, 4) is 5.75 Å². The molecule has 2 unspecified atom stereocenters. The van der Waals surface area contributed by atoms with E-state index in [9.17, 15) is 0 Å². The van der Waals surface area contributed by atoms with Crippen molar-refractivity contribution in [2.24, 2.45) is 5.73 Å². The maximum atomic E-state index is 5.89. The van der Waals surface area contributed by atoms with Crippen LogP contribution in [0.1, 0.15) is 38.7 Å². The molecule has 1 aromatic heterocycles. The molecule has 5 heteroatoms. The number of benzene rings is 1. The molecule has 2 N–H and O–H groups in total. The molecule has 0 radical (unpaired) electrons. The SMILES string of the molecule is CCOc1ccc2c(c1)nc(C(C)N(C)C)n2C(C)CN. The van der Waals surface area contributed by atoms with Gasteiger partial charge in [0.1, 0.15) is 11.6 Å². The largest absolute Gasteiger partial charge is 0.494 e. The Kier molecular flexibility index (Phi) is 4.85. The molecule has 0 saturated carbocycles. The Morgan fingerprint density at radius 1 is 1.33 bits per heavy atom. The van der Waals surface area contributed by atoms with Gasteiger partial charge in [-0.15, -0.1) is 0 Å². The summed E-state index contributed by atoms with van der Waals surface area (Å²) in [6.45, 7) is 7.52. The maximum Gasteiger partial charge on any atom is 0.127 e. The van der Waals surface area contributed by atoms with Gasteiger partial charge in [-0.25, -0.2) is 4.98 Å². The van der Waals surface area contributed by atoms with Crippen LogP contribution in [0.5, 0.6) is 5.75 Å². The Bertz CT molecular complexity index is 606. The van der Waals surface area contributed by atoms with Gasteiger partial charge in [0, 0.05) is 18.7 Å². The summed E-state index contributed by atoms with van der Waals surface area (Å²) in [6, 6.07) is 6.51. The topological polar surface area (TPSA) is 56.3 Å². The molecule has 2 rings (SSSR count). The second-order valence-corrected chi connectivity index (χ2v) is 5.65. The van der Waals surface area contributed by atoms with Crippen LogP contribution in [0.3, 0.4) is 0 Å². The Morgan fingerprint density at radius 2 is 2.05 bits per heavy atom. The fourth-order valence-corrected chi connectivity index (χ4v) is 2.45. The van der Waals surface area contributed by atoms with Crippen molar-refractivity contribution in [3.05, 3.63) is 24.0 Å². The van der Waals surface area contributed by atoms with Crippen molar-refractivity contribution in [3.63, 3.8) is 0 Å². The normalized spacial score (nSPS) is 14.6. The van der Waals surface area contributed by atoms with Crippen LogP contribution in [-0.4, -0.2) is 41.7 Å². The quantitative estimate of drug-likeness (QED) is 0.888. The lowest BCUT2D eigenvalue weighted by molar-refractivity contribution is 0.297. The maximum absolute atomic E-state index is 5.89. The van der Waals surface area contributed by atoms with E-state index in [1.807, 2.05) is 19.1 Å². The molecule has 0 fully saturated rings. The minimum atomic E-state index is 0.213. The van der Waals surface area contributed by atoms with Crippen LogP contribution in [-0.2, 0) is 0 Å². The number of nitrogens with zero attached hydrogens (tertiary/aromatic N) is 3. The number of imidazole rings is 1. The first-order chi connectivity index (χ1) is 9.99. The van der Waals surface area contributed by atoms with Crippen LogP contribution in [0.15, 0.2) is 18.2 Å². The van der Waals surface area contributed by atoms with Crippen LogP contribution in [0.25, 0.3) is 11.0 Å². The van der Waals surface area contributed by atoms with Crippen LogP contribution in [0.4, 0.5) is 0 Å². The molecule has 1 heterocycles. The van der Waals surface area contributed by atoms with Crippen molar-refractivity contribution < 1.29 is 4.74 Å². The number of rotatable bonds is 6. The summed E-state index contributed by atoms with van der Waals surface area (Å²) in [7, 11) is 4.13. The number of fused-ring (bicyclic) bond motifs is 1. The molecule has 116 valence electrons. The molecular formula is C16H26N4O. The minimum absolute atomic E-state index is 0.213. The smallest absolute Gasteiger partial charge is 0.127 e. The monoisotopic (exact) mass is 290 g/mol. The van der Waals surface area contributed by atoms with E-state index >= 15 is 0 Å². The predicted molar refractivity (Wildman–Crippen MR) is 86.8 cm³/mol. The lowest BCUT2D eigenvalue weighted by atomic mass is 10.2. The van der Waals surface area contributed by atoms with Gasteiger partial charge in [0.2, 0.25) is 0 Å². The highest BCUT2D eigenvalue weighted by molar-refractivity contribution is 5.78. The van der Waals surface area contributed by atoms with E-state index in [0.29, 0.717) is 13.2 Å². The van der Waals surface area contributed by atoms with Gasteiger partial charge < -0.3 is 15.0 Å². The first-order valence-corrected chi connectivity index (χ1v) is 7.50. The molecule has 21 heavy (non-hydrogen) atoms. The van der Waals surface area contributed by atoms with Gasteiger partial charge >= 0.3 is 0 Å². The Labute approximate surface area is 126 Å². The van der Waals surface area contributed by atoms with Crippen molar-refractivity contribution >= 4 is 11.0 Å². The van der Waals surface area contributed by atoms with Crippen molar-refractivity contribution in [2.75, 3.05) is 27.2 Å². The van der Waals surface area contributed by atoms with Gasteiger partial charge in [-0.05, 0) is 47.0 Å². The standard InChI is InChI=1S/C16H26N4O/c1-6-21-13-7-8-15-14(9-13)18-16(12(3)19(4)5)20(15)11(2)10-17/h7-9,11-12H,6,10,17H2,1-5H3. The van der Waals surface area contributed by atoms with Crippen molar-refractivity contribution in [2.45, 2.75) is 32.9 Å². The molecular weight excluding hydrogens is 264 g/mol. The first-order valence-electron chi connectivity index (χ1n) is 7.50. The highest BCUT2D eigenvalue weighted by atomic mass is 16.5. The molecule has 0 aliphatic rings. The van der Waals surface area contributed by atoms with Gasteiger partial charge in [0.15, 0.2) is 0 Å². The first kappa shape index (κ1) is 15.8. The third kappa shape index (κ3) is 3.04. The highest BCUT2D eigenvalue weighted by Gasteiger charge is 2.21. The molecule has 0 amide bonds. The number of aromatic nitrogens is 2. The van der Waals surface area contributed by atoms with Gasteiger partial charge in [-0.2, -0.15) is 0 Å². The summed E-state index contributed by atoms with van der Waals surface area (Å²) in [5.41, 5.74) is 7.96. The van der Waals surface area contributed by atoms with Crippen LogP contribution in [0, 0.1) is 0 Å². The van der Waals surface area contributed by atoms with Gasteiger partial charge in [-0.1, -0.05) is 0 Å². The van der Waals surface area contributed by atoms with Gasteiger partial charge in [-0.3, -0.25) is 4.90 Å². The molecule has 5 nitrogen and oxygen atoms in total. The lowest BCUT2D eigenvalue weighted by Crippen LogP contribution is -2.24. The molecule has 0 saturated heterocycles. The molecule has 0 bridgehead atoms. The molecule has 0 spiro atoms. The summed E-state index contributed by atoms with van der Waals surface area (Å²) in [4.78, 5) is 6.99. The van der Waals surface area contributed by atoms with E-state index in [0.717, 1.165) is 22.6 Å². The molecule has 2 aromatic rings. The van der Waals surface area contributed by atoms with E-state index in [1.54, 1.807) is 0 Å². The minimum Gasteiger partial charge on any atom is -0.494 e. The van der Waals surface area contributed by atoms with Gasteiger partial charge in [0.25, 0.3) is 0 Å². The van der Waals surface area contributed by atoms with E-state index in [1.165, 1.54) is 0 Å². The van der Waals surface area contributed by atoms with Crippen LogP contribution >= 0.6 is 0 Å². The van der Waals surface area contributed by atoms with E-state index < -0.39 is 0 Å². The molecule has 0 aliphatic heterocycles. The summed E-state index contributed by atoms with van der Waals surface area (Å²) < 4.78 is 7.82. The summed E-state index contributed by atoms with van der Waals surface area (Å²) in [5, 5.41) is 0. The van der Waals surface area contributed by atoms with Crippen LogP contribution < -0.4 is 10.5 Å². The number of hydrogen-bond donors (Lipinski definition) is 1. The third-order valence-corrected chi connectivity index (χ3v) is 3.93. The number of nitrogens with two attached hydrogens (primary N) is 1.